The predicted octanol–water partition coefficient (Wildman–Crippen LogP) is 4.17. The zero-order valence-electron chi connectivity index (χ0n) is 11.6. The number of anilines is 2. The molecule has 20 heavy (non-hydrogen) atoms. The highest BCUT2D eigenvalue weighted by Crippen LogP contribution is 2.37. The summed E-state index contributed by atoms with van der Waals surface area (Å²) in [6, 6.07) is 7.57. The van der Waals surface area contributed by atoms with Crippen molar-refractivity contribution in [3.05, 3.63) is 33.5 Å². The monoisotopic (exact) mass is 312 g/mol. The van der Waals surface area contributed by atoms with E-state index in [0.717, 1.165) is 14.9 Å². The van der Waals surface area contributed by atoms with Crippen molar-refractivity contribution in [1.29, 1.82) is 0 Å². The second-order valence-corrected chi connectivity index (χ2v) is 6.05. The first kappa shape index (κ1) is 14.8. The first-order valence-electron chi connectivity index (χ1n) is 6.08. The van der Waals surface area contributed by atoms with E-state index in [1.807, 2.05) is 18.2 Å². The Bertz CT molecular complexity index is 601. The summed E-state index contributed by atoms with van der Waals surface area (Å²) in [7, 11) is 3.18. The van der Waals surface area contributed by atoms with Crippen molar-refractivity contribution in [2.45, 2.75) is 13.0 Å². The van der Waals surface area contributed by atoms with Gasteiger partial charge in [0, 0.05) is 17.0 Å². The summed E-state index contributed by atoms with van der Waals surface area (Å²) in [5.74, 6) is 1.25. The highest BCUT2D eigenvalue weighted by atomic mass is 35.5. The number of halogens is 1. The quantitative estimate of drug-likeness (QED) is 0.813. The number of benzene rings is 1. The standard InChI is InChI=1S/C14H17ClN2O2S/c1-8(13-4-5-14(15)20-13)17-10-7-12(19-3)11(18-2)6-9(10)16/h4-8,17H,16H2,1-3H3. The molecule has 6 heteroatoms. The largest absolute Gasteiger partial charge is 0.493 e. The van der Waals surface area contributed by atoms with Crippen LogP contribution in [0.4, 0.5) is 11.4 Å². The van der Waals surface area contributed by atoms with E-state index in [1.165, 1.54) is 0 Å². The Balaban J connectivity index is 2.24. The lowest BCUT2D eigenvalue weighted by Gasteiger charge is -2.18. The van der Waals surface area contributed by atoms with Crippen LogP contribution in [0.2, 0.25) is 4.34 Å². The Morgan fingerprint density at radius 2 is 1.85 bits per heavy atom. The Labute approximate surface area is 127 Å². The molecule has 1 atom stereocenters. The van der Waals surface area contributed by atoms with Gasteiger partial charge in [-0.2, -0.15) is 0 Å². The minimum absolute atomic E-state index is 0.105. The fourth-order valence-corrected chi connectivity index (χ4v) is 2.95. The van der Waals surface area contributed by atoms with Gasteiger partial charge in [0.2, 0.25) is 0 Å². The van der Waals surface area contributed by atoms with E-state index >= 15 is 0 Å². The van der Waals surface area contributed by atoms with E-state index in [1.54, 1.807) is 31.6 Å². The maximum atomic E-state index is 6.03. The van der Waals surface area contributed by atoms with Crippen molar-refractivity contribution in [2.75, 3.05) is 25.3 Å². The molecule has 0 aliphatic rings. The molecule has 2 aromatic rings. The number of nitrogens with two attached hydrogens (primary N) is 1. The number of thiophene rings is 1. The number of nitrogen functional groups attached to an aromatic ring is 1. The van der Waals surface area contributed by atoms with Gasteiger partial charge in [-0.05, 0) is 19.1 Å². The van der Waals surface area contributed by atoms with Gasteiger partial charge in [0.05, 0.1) is 36.0 Å². The van der Waals surface area contributed by atoms with Crippen molar-refractivity contribution in [3.8, 4) is 11.5 Å². The van der Waals surface area contributed by atoms with E-state index in [0.29, 0.717) is 17.2 Å². The van der Waals surface area contributed by atoms with Crippen LogP contribution >= 0.6 is 22.9 Å². The molecule has 2 rings (SSSR count). The first-order valence-corrected chi connectivity index (χ1v) is 7.28. The second kappa shape index (κ2) is 6.24. The normalized spacial score (nSPS) is 12.0. The number of methoxy groups -OCH3 is 2. The molecular weight excluding hydrogens is 296 g/mol. The molecule has 0 fully saturated rings. The second-order valence-electron chi connectivity index (χ2n) is 4.30. The zero-order chi connectivity index (χ0) is 14.7. The van der Waals surface area contributed by atoms with Crippen LogP contribution in [0.15, 0.2) is 24.3 Å². The lowest BCUT2D eigenvalue weighted by atomic mass is 10.2. The van der Waals surface area contributed by atoms with Crippen LogP contribution in [-0.4, -0.2) is 14.2 Å². The van der Waals surface area contributed by atoms with Crippen LogP contribution in [-0.2, 0) is 0 Å². The third-order valence-corrected chi connectivity index (χ3v) is 4.36. The maximum absolute atomic E-state index is 6.03. The Hall–Kier alpha value is -1.59. The molecule has 4 nitrogen and oxygen atoms in total. The molecular formula is C14H17ClN2O2S. The minimum Gasteiger partial charge on any atom is -0.493 e. The number of hydrogen-bond donors (Lipinski definition) is 2. The fraction of sp³-hybridized carbons (Fsp3) is 0.286. The molecule has 0 spiro atoms. The van der Waals surface area contributed by atoms with Gasteiger partial charge in [-0.15, -0.1) is 11.3 Å². The molecule has 1 aromatic heterocycles. The number of rotatable bonds is 5. The number of nitrogens with one attached hydrogen (secondary N) is 1. The molecule has 3 N–H and O–H groups in total. The van der Waals surface area contributed by atoms with Crippen molar-refractivity contribution in [3.63, 3.8) is 0 Å². The third kappa shape index (κ3) is 3.11. The number of ether oxygens (including phenoxy) is 2. The van der Waals surface area contributed by atoms with Gasteiger partial charge < -0.3 is 20.5 Å². The summed E-state index contributed by atoms with van der Waals surface area (Å²) >= 11 is 7.50. The van der Waals surface area contributed by atoms with Crippen molar-refractivity contribution >= 4 is 34.3 Å². The van der Waals surface area contributed by atoms with Crippen LogP contribution in [0.5, 0.6) is 11.5 Å². The van der Waals surface area contributed by atoms with Gasteiger partial charge in [0.15, 0.2) is 11.5 Å². The average molecular weight is 313 g/mol. The van der Waals surface area contributed by atoms with Gasteiger partial charge in [-0.1, -0.05) is 11.6 Å². The molecule has 1 unspecified atom stereocenters. The van der Waals surface area contributed by atoms with E-state index < -0.39 is 0 Å². The summed E-state index contributed by atoms with van der Waals surface area (Å²) in [6.07, 6.45) is 0. The Kier molecular flexibility index (Phi) is 4.62. The van der Waals surface area contributed by atoms with Crippen molar-refractivity contribution in [2.24, 2.45) is 0 Å². The topological polar surface area (TPSA) is 56.5 Å². The highest BCUT2D eigenvalue weighted by molar-refractivity contribution is 7.16. The highest BCUT2D eigenvalue weighted by Gasteiger charge is 2.13. The summed E-state index contributed by atoms with van der Waals surface area (Å²) in [4.78, 5) is 1.14. The smallest absolute Gasteiger partial charge is 0.162 e. The molecule has 0 aliphatic heterocycles. The lowest BCUT2D eigenvalue weighted by molar-refractivity contribution is 0.355. The molecule has 108 valence electrons. The summed E-state index contributed by atoms with van der Waals surface area (Å²) in [5, 5.41) is 3.36. The molecule has 1 aromatic carbocycles. The third-order valence-electron chi connectivity index (χ3n) is 2.95. The number of hydrogen-bond acceptors (Lipinski definition) is 5. The van der Waals surface area contributed by atoms with Crippen LogP contribution in [0.25, 0.3) is 0 Å². The first-order chi connectivity index (χ1) is 9.55. The molecule has 0 radical (unpaired) electrons. The molecule has 0 saturated carbocycles. The van der Waals surface area contributed by atoms with E-state index in [9.17, 15) is 0 Å². The fourth-order valence-electron chi connectivity index (χ4n) is 1.89. The summed E-state index contributed by atoms with van der Waals surface area (Å²) in [6.45, 7) is 2.05. The summed E-state index contributed by atoms with van der Waals surface area (Å²) in [5.41, 5.74) is 7.45. The zero-order valence-corrected chi connectivity index (χ0v) is 13.1. The van der Waals surface area contributed by atoms with E-state index in [4.69, 9.17) is 26.8 Å². The van der Waals surface area contributed by atoms with Crippen molar-refractivity contribution < 1.29 is 9.47 Å². The molecule has 0 amide bonds. The van der Waals surface area contributed by atoms with Crippen LogP contribution in [0, 0.1) is 0 Å². The Morgan fingerprint density at radius 3 is 2.40 bits per heavy atom. The van der Waals surface area contributed by atoms with E-state index in [2.05, 4.69) is 12.2 Å². The van der Waals surface area contributed by atoms with Crippen LogP contribution in [0.1, 0.15) is 17.8 Å². The van der Waals surface area contributed by atoms with Gasteiger partial charge >= 0.3 is 0 Å². The molecule has 1 heterocycles. The van der Waals surface area contributed by atoms with Crippen molar-refractivity contribution in [1.82, 2.24) is 0 Å². The lowest BCUT2D eigenvalue weighted by Crippen LogP contribution is -2.07. The Morgan fingerprint density at radius 1 is 1.20 bits per heavy atom. The van der Waals surface area contributed by atoms with Gasteiger partial charge in [0.25, 0.3) is 0 Å². The minimum atomic E-state index is 0.105. The van der Waals surface area contributed by atoms with Crippen LogP contribution in [0.3, 0.4) is 0 Å². The van der Waals surface area contributed by atoms with Gasteiger partial charge in [-0.25, -0.2) is 0 Å². The average Bonchev–Trinajstić information content (AvgIpc) is 2.87. The molecule has 0 aliphatic carbocycles. The maximum Gasteiger partial charge on any atom is 0.162 e. The summed E-state index contributed by atoms with van der Waals surface area (Å²) < 4.78 is 11.3. The van der Waals surface area contributed by atoms with Crippen LogP contribution < -0.4 is 20.5 Å². The molecule has 0 bridgehead atoms. The van der Waals surface area contributed by atoms with Gasteiger partial charge in [0.1, 0.15) is 0 Å². The molecule has 0 saturated heterocycles. The van der Waals surface area contributed by atoms with E-state index in [-0.39, 0.29) is 6.04 Å². The SMILES string of the molecule is COc1cc(N)c(NC(C)c2ccc(Cl)s2)cc1OC. The van der Waals surface area contributed by atoms with Gasteiger partial charge in [-0.3, -0.25) is 0 Å². The predicted molar refractivity (Wildman–Crippen MR) is 85.3 cm³/mol.